The lowest BCUT2D eigenvalue weighted by atomic mass is 10.2. The van der Waals surface area contributed by atoms with E-state index in [1.165, 1.54) is 0 Å². The first kappa shape index (κ1) is 13.6. The standard InChI is InChI=1S/C15H14BrNO2/c1-2-19-14-5-3-4-11(10-14)15(18)17-13-8-6-12(16)7-9-13/h3-10H,2H2,1H3,(H,17,18). The Labute approximate surface area is 120 Å². The van der Waals surface area contributed by atoms with Gasteiger partial charge in [0.1, 0.15) is 5.75 Å². The van der Waals surface area contributed by atoms with Gasteiger partial charge >= 0.3 is 0 Å². The van der Waals surface area contributed by atoms with Gasteiger partial charge in [0.15, 0.2) is 0 Å². The largest absolute Gasteiger partial charge is 0.494 e. The van der Waals surface area contributed by atoms with Gasteiger partial charge in [-0.15, -0.1) is 0 Å². The van der Waals surface area contributed by atoms with Crippen LogP contribution in [0.5, 0.6) is 5.75 Å². The van der Waals surface area contributed by atoms with Crippen molar-refractivity contribution in [3.63, 3.8) is 0 Å². The highest BCUT2D eigenvalue weighted by atomic mass is 79.9. The number of amides is 1. The maximum absolute atomic E-state index is 12.1. The number of hydrogen-bond donors (Lipinski definition) is 1. The van der Waals surface area contributed by atoms with Crippen LogP contribution in [0.1, 0.15) is 17.3 Å². The fourth-order valence-electron chi connectivity index (χ4n) is 1.63. The van der Waals surface area contributed by atoms with Crippen LogP contribution < -0.4 is 10.1 Å². The third-order valence-corrected chi connectivity index (χ3v) is 3.04. The second-order valence-corrected chi connectivity index (χ2v) is 4.84. The summed E-state index contributed by atoms with van der Waals surface area (Å²) in [5.41, 5.74) is 1.34. The fraction of sp³-hybridized carbons (Fsp3) is 0.133. The van der Waals surface area contributed by atoms with Gasteiger partial charge in [0, 0.05) is 15.7 Å². The zero-order chi connectivity index (χ0) is 13.7. The van der Waals surface area contributed by atoms with Crippen molar-refractivity contribution >= 4 is 27.5 Å². The molecule has 0 saturated carbocycles. The molecule has 0 aromatic heterocycles. The average molecular weight is 320 g/mol. The van der Waals surface area contributed by atoms with Crippen molar-refractivity contribution in [1.29, 1.82) is 0 Å². The summed E-state index contributed by atoms with van der Waals surface area (Å²) in [6.07, 6.45) is 0. The molecule has 2 aromatic rings. The first-order valence-electron chi connectivity index (χ1n) is 5.99. The third-order valence-electron chi connectivity index (χ3n) is 2.51. The quantitative estimate of drug-likeness (QED) is 0.921. The van der Waals surface area contributed by atoms with Crippen LogP contribution in [0, 0.1) is 0 Å². The number of benzene rings is 2. The predicted octanol–water partition coefficient (Wildman–Crippen LogP) is 4.10. The molecule has 0 saturated heterocycles. The minimum absolute atomic E-state index is 0.149. The van der Waals surface area contributed by atoms with Crippen molar-refractivity contribution in [3.05, 3.63) is 58.6 Å². The van der Waals surface area contributed by atoms with Crippen molar-refractivity contribution in [2.75, 3.05) is 11.9 Å². The third kappa shape index (κ3) is 3.83. The lowest BCUT2D eigenvalue weighted by Crippen LogP contribution is -2.11. The molecule has 2 aromatic carbocycles. The lowest BCUT2D eigenvalue weighted by Gasteiger charge is -2.07. The number of halogens is 1. The summed E-state index contributed by atoms with van der Waals surface area (Å²) in [6, 6.07) is 14.6. The van der Waals surface area contributed by atoms with Gasteiger partial charge in [0.25, 0.3) is 5.91 Å². The first-order chi connectivity index (χ1) is 9.19. The minimum Gasteiger partial charge on any atom is -0.494 e. The summed E-state index contributed by atoms with van der Waals surface area (Å²) < 4.78 is 6.35. The molecular weight excluding hydrogens is 306 g/mol. The fourth-order valence-corrected chi connectivity index (χ4v) is 1.89. The highest BCUT2D eigenvalue weighted by Gasteiger charge is 2.07. The maximum atomic E-state index is 12.1. The number of anilines is 1. The zero-order valence-electron chi connectivity index (χ0n) is 10.5. The van der Waals surface area contributed by atoms with E-state index in [4.69, 9.17) is 4.74 Å². The smallest absolute Gasteiger partial charge is 0.255 e. The van der Waals surface area contributed by atoms with E-state index < -0.39 is 0 Å². The predicted molar refractivity (Wildman–Crippen MR) is 79.7 cm³/mol. The number of carbonyl (C=O) groups excluding carboxylic acids is 1. The average Bonchev–Trinajstić information content (AvgIpc) is 2.42. The first-order valence-corrected chi connectivity index (χ1v) is 6.78. The molecule has 0 unspecified atom stereocenters. The van der Waals surface area contributed by atoms with Crippen LogP contribution in [0.3, 0.4) is 0 Å². The molecule has 0 spiro atoms. The monoisotopic (exact) mass is 319 g/mol. The Morgan fingerprint density at radius 1 is 1.21 bits per heavy atom. The zero-order valence-corrected chi connectivity index (χ0v) is 12.1. The molecule has 0 radical (unpaired) electrons. The Morgan fingerprint density at radius 2 is 1.95 bits per heavy atom. The number of rotatable bonds is 4. The van der Waals surface area contributed by atoms with Crippen LogP contribution in [0.4, 0.5) is 5.69 Å². The Morgan fingerprint density at radius 3 is 2.63 bits per heavy atom. The van der Waals surface area contributed by atoms with E-state index in [9.17, 15) is 4.79 Å². The van der Waals surface area contributed by atoms with E-state index in [2.05, 4.69) is 21.2 Å². The maximum Gasteiger partial charge on any atom is 0.255 e. The molecule has 0 aliphatic carbocycles. The van der Waals surface area contributed by atoms with Crippen molar-refractivity contribution in [2.45, 2.75) is 6.92 Å². The van der Waals surface area contributed by atoms with Gasteiger partial charge in [-0.1, -0.05) is 22.0 Å². The van der Waals surface area contributed by atoms with Gasteiger partial charge in [-0.05, 0) is 49.4 Å². The Kier molecular flexibility index (Phi) is 4.58. The number of ether oxygens (including phenoxy) is 1. The molecule has 0 aliphatic heterocycles. The molecule has 0 bridgehead atoms. The molecule has 0 aliphatic rings. The van der Waals surface area contributed by atoms with Crippen LogP contribution in [-0.2, 0) is 0 Å². The summed E-state index contributed by atoms with van der Waals surface area (Å²) in [5, 5.41) is 2.84. The van der Waals surface area contributed by atoms with E-state index in [-0.39, 0.29) is 5.91 Å². The molecule has 19 heavy (non-hydrogen) atoms. The van der Waals surface area contributed by atoms with E-state index in [1.54, 1.807) is 12.1 Å². The molecule has 0 atom stereocenters. The molecule has 98 valence electrons. The summed E-state index contributed by atoms with van der Waals surface area (Å²) in [5.74, 6) is 0.551. The van der Waals surface area contributed by atoms with Crippen molar-refractivity contribution in [1.82, 2.24) is 0 Å². The molecule has 1 amide bonds. The van der Waals surface area contributed by atoms with Gasteiger partial charge in [0.2, 0.25) is 0 Å². The summed E-state index contributed by atoms with van der Waals surface area (Å²) in [4.78, 5) is 12.1. The lowest BCUT2D eigenvalue weighted by molar-refractivity contribution is 0.102. The van der Waals surface area contributed by atoms with Crippen LogP contribution in [0.25, 0.3) is 0 Å². The van der Waals surface area contributed by atoms with E-state index in [0.29, 0.717) is 17.9 Å². The number of hydrogen-bond acceptors (Lipinski definition) is 2. The van der Waals surface area contributed by atoms with Crippen LogP contribution >= 0.6 is 15.9 Å². The van der Waals surface area contributed by atoms with Crippen molar-refractivity contribution < 1.29 is 9.53 Å². The minimum atomic E-state index is -0.149. The Balaban J connectivity index is 2.11. The molecule has 3 nitrogen and oxygen atoms in total. The normalized spacial score (nSPS) is 10.0. The van der Waals surface area contributed by atoms with Crippen molar-refractivity contribution in [3.8, 4) is 5.75 Å². The van der Waals surface area contributed by atoms with E-state index in [1.807, 2.05) is 43.3 Å². The second-order valence-electron chi connectivity index (χ2n) is 3.92. The topological polar surface area (TPSA) is 38.3 Å². The Bertz CT molecular complexity index is 567. The van der Waals surface area contributed by atoms with Gasteiger partial charge in [-0.2, -0.15) is 0 Å². The highest BCUT2D eigenvalue weighted by Crippen LogP contribution is 2.17. The van der Waals surface area contributed by atoms with Crippen LogP contribution in [0.2, 0.25) is 0 Å². The van der Waals surface area contributed by atoms with E-state index in [0.717, 1.165) is 10.2 Å². The second kappa shape index (κ2) is 6.38. The number of carbonyl (C=O) groups is 1. The highest BCUT2D eigenvalue weighted by molar-refractivity contribution is 9.10. The van der Waals surface area contributed by atoms with Crippen LogP contribution in [0.15, 0.2) is 53.0 Å². The summed E-state index contributed by atoms with van der Waals surface area (Å²) in [7, 11) is 0. The van der Waals surface area contributed by atoms with Crippen LogP contribution in [-0.4, -0.2) is 12.5 Å². The molecule has 1 N–H and O–H groups in total. The molecule has 2 rings (SSSR count). The molecular formula is C15H14BrNO2. The summed E-state index contributed by atoms with van der Waals surface area (Å²) >= 11 is 3.35. The van der Waals surface area contributed by atoms with Crippen molar-refractivity contribution in [2.24, 2.45) is 0 Å². The van der Waals surface area contributed by atoms with E-state index >= 15 is 0 Å². The molecule has 0 fully saturated rings. The molecule has 4 heteroatoms. The molecule has 0 heterocycles. The van der Waals surface area contributed by atoms with Gasteiger partial charge in [0.05, 0.1) is 6.61 Å². The Hall–Kier alpha value is -1.81. The number of nitrogens with one attached hydrogen (secondary N) is 1. The van der Waals surface area contributed by atoms with Gasteiger partial charge in [-0.3, -0.25) is 4.79 Å². The van der Waals surface area contributed by atoms with Gasteiger partial charge < -0.3 is 10.1 Å². The van der Waals surface area contributed by atoms with Gasteiger partial charge in [-0.25, -0.2) is 0 Å². The summed E-state index contributed by atoms with van der Waals surface area (Å²) in [6.45, 7) is 2.49. The SMILES string of the molecule is CCOc1cccc(C(=O)Nc2ccc(Br)cc2)c1.